The van der Waals surface area contributed by atoms with Crippen LogP contribution in [0.1, 0.15) is 194 Å². The molecule has 1 aromatic heterocycles. The molecule has 8 heteroatoms. The van der Waals surface area contributed by atoms with Crippen LogP contribution < -0.4 is 9.80 Å². The van der Waals surface area contributed by atoms with Gasteiger partial charge in [0.05, 0.1) is 0 Å². The van der Waals surface area contributed by atoms with Gasteiger partial charge in [0, 0.05) is 37.9 Å². The van der Waals surface area contributed by atoms with Gasteiger partial charge in [-0.05, 0) is 25.0 Å². The molecule has 0 N–H and O–H groups in total. The van der Waals surface area contributed by atoms with E-state index in [-0.39, 0.29) is 0 Å². The second kappa shape index (κ2) is 34.4. The topological polar surface area (TPSA) is 25.9 Å². The summed E-state index contributed by atoms with van der Waals surface area (Å²) in [7, 11) is 0.890. The third kappa shape index (κ3) is 24.9. The summed E-state index contributed by atoms with van der Waals surface area (Å²) < 4.78 is 0. The van der Waals surface area contributed by atoms with E-state index >= 15 is 0 Å². The summed E-state index contributed by atoms with van der Waals surface area (Å²) in [5.41, 5.74) is 0. The predicted octanol–water partition coefficient (Wildman–Crippen LogP) is 15.0. The van der Waals surface area contributed by atoms with Crippen molar-refractivity contribution in [1.29, 1.82) is 0 Å². The van der Waals surface area contributed by atoms with Gasteiger partial charge in [0.15, 0.2) is 0 Å². The van der Waals surface area contributed by atoms with Gasteiger partial charge in [-0.3, -0.25) is 9.80 Å². The minimum absolute atomic E-state index is 0.890. The summed E-state index contributed by atoms with van der Waals surface area (Å²) in [4.78, 5) is 13.3. The molecular weight excluding hydrogens is 947 g/mol. The molecule has 0 fully saturated rings. The van der Waals surface area contributed by atoms with Crippen LogP contribution in [0.25, 0.3) is 0 Å². The van der Waals surface area contributed by atoms with Crippen LogP contribution in [0.4, 0.5) is 11.6 Å². The Labute approximate surface area is 346 Å². The van der Waals surface area contributed by atoms with Crippen molar-refractivity contribution in [2.75, 3.05) is 22.9 Å². The maximum absolute atomic E-state index is 4.92. The van der Waals surface area contributed by atoms with Crippen LogP contribution in [0.15, 0.2) is 43.0 Å². The summed E-state index contributed by atoms with van der Waals surface area (Å²) >= 11 is 4.65. The molecule has 1 aromatic rings. The van der Waals surface area contributed by atoms with Gasteiger partial charge < -0.3 is 9.80 Å². The van der Waals surface area contributed by atoms with Crippen LogP contribution in [-0.2, 0) is 10.8 Å². The summed E-state index contributed by atoms with van der Waals surface area (Å²) in [6, 6.07) is 6.20. The van der Waals surface area contributed by atoms with Crippen molar-refractivity contribution in [3.8, 4) is 0 Å². The van der Waals surface area contributed by atoms with E-state index in [1.165, 1.54) is 180 Å². The van der Waals surface area contributed by atoms with Crippen LogP contribution in [0.3, 0.4) is 0 Å². The number of aromatic nitrogens is 1. The van der Waals surface area contributed by atoms with Gasteiger partial charge in [0.1, 0.15) is 11.6 Å². The first kappa shape index (κ1) is 47.1. The van der Waals surface area contributed by atoms with Gasteiger partial charge in [-0.25, -0.2) is 4.98 Å². The molecule has 0 bridgehead atoms. The molecule has 3 rings (SSSR count). The van der Waals surface area contributed by atoms with E-state index in [4.69, 9.17) is 4.98 Å². The molecule has 3 heterocycles. The van der Waals surface area contributed by atoms with Crippen molar-refractivity contribution in [3.05, 3.63) is 56.3 Å². The molecule has 294 valence electrons. The first-order chi connectivity index (χ1) is 25.2. The van der Waals surface area contributed by atoms with Crippen LogP contribution in [0, 0.1) is 13.3 Å². The van der Waals surface area contributed by atoms with E-state index in [0.717, 1.165) is 35.5 Å². The summed E-state index contributed by atoms with van der Waals surface area (Å²) in [6.07, 6.45) is 47.4. The van der Waals surface area contributed by atoms with E-state index in [1.54, 1.807) is 0 Å². The van der Waals surface area contributed by atoms with Crippen molar-refractivity contribution in [2.45, 2.75) is 194 Å². The Kier molecular flexibility index (Phi) is 31.8. The average molecular weight is 1020 g/mol. The van der Waals surface area contributed by atoms with E-state index in [2.05, 4.69) is 119 Å². The second-order valence-corrected chi connectivity index (χ2v) is 26.5. The Morgan fingerprint density at radius 1 is 0.451 bits per heavy atom. The normalized spacial score (nSPS) is 14.0. The fourth-order valence-corrected chi connectivity index (χ4v) is 6.84. The van der Waals surface area contributed by atoms with Gasteiger partial charge in [0.2, 0.25) is 13.3 Å². The Hall–Kier alpha value is -0.0477. The zero-order chi connectivity index (χ0) is 36.5. The molecule has 0 amide bonds. The zero-order valence-corrected chi connectivity index (χ0v) is 38.4. The first-order valence-corrected chi connectivity index (χ1v) is 30.3. The number of hydrogen-bond acceptors (Lipinski definition) is 5. The first-order valence-electron chi connectivity index (χ1n) is 21.0. The van der Waals surface area contributed by atoms with Crippen LogP contribution >= 0.6 is 39.0 Å². The van der Waals surface area contributed by atoms with E-state index < -0.39 is 0 Å². The number of unbranched alkanes of at least 4 members (excludes halogenated alkanes) is 26. The van der Waals surface area contributed by atoms with Crippen molar-refractivity contribution in [1.82, 2.24) is 14.8 Å². The van der Waals surface area contributed by atoms with Gasteiger partial charge >= 0.3 is 49.8 Å². The molecule has 0 aliphatic carbocycles. The fraction of sp³-hybridized carbons (Fsp3) is 0.744. The third-order valence-electron chi connectivity index (χ3n) is 9.98. The minimum atomic E-state index is 0.890. The predicted molar refractivity (Wildman–Crippen MR) is 236 cm³/mol. The van der Waals surface area contributed by atoms with Gasteiger partial charge in [-0.1, -0.05) is 187 Å². The van der Waals surface area contributed by atoms with Crippen LogP contribution in [0.2, 0.25) is 0 Å². The van der Waals surface area contributed by atoms with Crippen LogP contribution in [0.5, 0.6) is 0 Å². The Morgan fingerprint density at radius 2 is 0.725 bits per heavy atom. The number of halogens is 2. The number of pyridine rings is 1. The Morgan fingerprint density at radius 3 is 1.02 bits per heavy atom. The molecule has 0 spiro atoms. The third-order valence-corrected chi connectivity index (χ3v) is 9.98. The van der Waals surface area contributed by atoms with Gasteiger partial charge in [-0.2, -0.15) is 0 Å². The molecule has 0 saturated carbocycles. The molecule has 0 saturated heterocycles. The Balaban J connectivity index is 0.00000290. The molecule has 51 heavy (non-hydrogen) atoms. The average Bonchev–Trinajstić information content (AvgIpc) is 3.83. The Bertz CT molecular complexity index is 908. The molecule has 0 unspecified atom stereocenters. The summed E-state index contributed by atoms with van der Waals surface area (Å²) in [5.74, 6) is 1.79. The monoisotopic (exact) mass is 1020 g/mol. The molecule has 0 atom stereocenters. The van der Waals surface area contributed by atoms with Crippen LogP contribution in [-0.4, -0.2) is 27.9 Å². The number of rotatable bonds is 32. The second-order valence-electron chi connectivity index (χ2n) is 14.5. The van der Waals surface area contributed by atoms with E-state index in [0.29, 0.717) is 0 Å². The molecule has 2 aliphatic heterocycles. The quantitative estimate of drug-likeness (QED) is 0.0407. The standard InChI is InChI=1S/C43H73N5.2HI.Pd/c1-3-5-7-9-11-13-15-17-19-21-23-25-27-29-34-45-36-38-47(40-45)42-32-31-33-43(44-42)48-39-37-46(41-48)35-30-28-26-24-22-20-18-16-14-12-10-8-6-4-2;;;/h31-33,36-39H,3-30,34-35H2,1-2H3;2*1H;/q;;;+2/p-2. The van der Waals surface area contributed by atoms with Crippen molar-refractivity contribution in [2.24, 2.45) is 0 Å². The fourth-order valence-electron chi connectivity index (χ4n) is 6.84. The number of hydrogen-bond donors (Lipinski definition) is 0. The number of nitrogens with zero attached hydrogens (tertiary/aromatic N) is 5. The molecule has 4 radical (unpaired) electrons. The molecular formula is C43H73I2N5Pd. The van der Waals surface area contributed by atoms with Gasteiger partial charge in [-0.15, -0.1) is 0 Å². The molecule has 5 nitrogen and oxygen atoms in total. The van der Waals surface area contributed by atoms with Crippen molar-refractivity contribution >= 4 is 50.7 Å². The van der Waals surface area contributed by atoms with Crippen molar-refractivity contribution in [3.63, 3.8) is 0 Å². The SMILES string of the molecule is CCCCCCCCCCCCCCCCN1[C]N(c2cccc(N3[C]N(CCCCCCCCCCCCCCCC)C=C3)n2)C=C1.[I][Pd][I]. The van der Waals surface area contributed by atoms with E-state index in [9.17, 15) is 0 Å². The zero-order valence-electron chi connectivity index (χ0n) is 32.6. The van der Waals surface area contributed by atoms with Crippen molar-refractivity contribution < 1.29 is 10.8 Å². The summed E-state index contributed by atoms with van der Waals surface area (Å²) in [6.45, 7) is 13.6. The maximum atomic E-state index is 4.92. The van der Waals surface area contributed by atoms with E-state index in [1.807, 2.05) is 9.80 Å². The summed E-state index contributed by atoms with van der Waals surface area (Å²) in [5, 5.41) is 0. The van der Waals surface area contributed by atoms with Gasteiger partial charge in [0.25, 0.3) is 0 Å². The molecule has 2 aliphatic rings. The molecule has 0 aromatic carbocycles. The number of anilines is 2.